The van der Waals surface area contributed by atoms with Gasteiger partial charge in [-0.25, -0.2) is 0 Å². The number of aromatic nitrogens is 1. The lowest BCUT2D eigenvalue weighted by molar-refractivity contribution is 0.415. The van der Waals surface area contributed by atoms with E-state index in [4.69, 9.17) is 9.73 Å². The first-order chi connectivity index (χ1) is 15.2. The maximum absolute atomic E-state index is 13.8. The molecule has 0 amide bonds. The number of hydrogen-bond donors (Lipinski definition) is 1. The fourth-order valence-corrected chi connectivity index (χ4v) is 4.03. The molecular weight excluding hydrogens is 388 g/mol. The predicted octanol–water partition coefficient (Wildman–Crippen LogP) is 3.67. The fourth-order valence-electron chi connectivity index (χ4n) is 4.03. The van der Waals surface area contributed by atoms with Crippen molar-refractivity contribution in [2.24, 2.45) is 10.9 Å². The molecule has 0 spiro atoms. The molecule has 3 aromatic rings. The van der Waals surface area contributed by atoms with Gasteiger partial charge in [-0.05, 0) is 54.7 Å². The van der Waals surface area contributed by atoms with Gasteiger partial charge in [0.1, 0.15) is 11.6 Å². The number of benzene rings is 2. The highest BCUT2D eigenvalue weighted by Gasteiger charge is 2.28. The lowest BCUT2D eigenvalue weighted by Crippen LogP contribution is -2.47. The number of nitrogens with one attached hydrogen (secondary N) is 1. The van der Waals surface area contributed by atoms with Crippen molar-refractivity contribution in [2.45, 2.75) is 19.1 Å². The number of ether oxygens (including phenoxy) is 1. The van der Waals surface area contributed by atoms with Gasteiger partial charge in [-0.15, -0.1) is 0 Å². The van der Waals surface area contributed by atoms with Gasteiger partial charge in [0.25, 0.3) is 5.56 Å². The third-order valence-corrected chi connectivity index (χ3v) is 5.96. The lowest BCUT2D eigenvalue weighted by atomic mass is 10.0. The molecule has 1 aromatic heterocycles. The van der Waals surface area contributed by atoms with E-state index in [1.165, 1.54) is 12.8 Å². The molecule has 2 heterocycles. The van der Waals surface area contributed by atoms with Crippen LogP contribution in [-0.2, 0) is 0 Å². The molecule has 1 atom stereocenters. The van der Waals surface area contributed by atoms with Crippen molar-refractivity contribution < 1.29 is 4.74 Å². The SMILES string of the molecule is COc1ccc(-c2cc3c(n(-c4ccccc4)c2=O)N(C)C(NCC2CC2)N=C3)cc1. The van der Waals surface area contributed by atoms with E-state index in [2.05, 4.69) is 10.2 Å². The minimum atomic E-state index is -0.186. The van der Waals surface area contributed by atoms with Crippen LogP contribution in [0.25, 0.3) is 16.8 Å². The molecule has 1 aliphatic carbocycles. The highest BCUT2D eigenvalue weighted by molar-refractivity contribution is 5.91. The molecule has 1 aliphatic heterocycles. The molecule has 158 valence electrons. The van der Waals surface area contributed by atoms with Crippen LogP contribution in [0.15, 0.2) is 70.5 Å². The Hall–Kier alpha value is -3.38. The number of anilines is 1. The standard InChI is InChI=1S/C25H26N4O2/c1-28-23-19(16-27-25(28)26-15-17-8-9-17)14-22(18-10-12-21(31-2)13-11-18)24(30)29(23)20-6-4-3-5-7-20/h3-7,10-14,16-17,25-26H,8-9,15H2,1-2H3. The molecule has 0 bridgehead atoms. The van der Waals surface area contributed by atoms with Crippen molar-refractivity contribution in [3.8, 4) is 22.6 Å². The number of nitrogens with zero attached hydrogens (tertiary/aromatic N) is 3. The first kappa shape index (κ1) is 19.6. The fraction of sp³-hybridized carbons (Fsp3) is 0.280. The van der Waals surface area contributed by atoms with Crippen molar-refractivity contribution in [1.82, 2.24) is 9.88 Å². The topological polar surface area (TPSA) is 58.9 Å². The number of para-hydroxylation sites is 1. The summed E-state index contributed by atoms with van der Waals surface area (Å²) in [6, 6.07) is 19.3. The Balaban J connectivity index is 1.65. The van der Waals surface area contributed by atoms with Crippen LogP contribution < -0.4 is 20.5 Å². The molecule has 0 saturated heterocycles. The van der Waals surface area contributed by atoms with E-state index in [1.54, 1.807) is 11.7 Å². The van der Waals surface area contributed by atoms with Gasteiger partial charge in [-0.1, -0.05) is 30.3 Å². The highest BCUT2D eigenvalue weighted by Crippen LogP contribution is 2.31. The number of pyridine rings is 1. The van der Waals surface area contributed by atoms with Crippen LogP contribution >= 0.6 is 0 Å². The van der Waals surface area contributed by atoms with Gasteiger partial charge in [0.2, 0.25) is 0 Å². The molecule has 1 N–H and O–H groups in total. The average molecular weight is 415 g/mol. The molecule has 0 radical (unpaired) electrons. The third-order valence-electron chi connectivity index (χ3n) is 5.96. The van der Waals surface area contributed by atoms with Gasteiger partial charge in [-0.2, -0.15) is 0 Å². The third kappa shape index (κ3) is 3.75. The largest absolute Gasteiger partial charge is 0.497 e. The van der Waals surface area contributed by atoms with Crippen molar-refractivity contribution >= 4 is 12.0 Å². The first-order valence-corrected chi connectivity index (χ1v) is 10.6. The molecular formula is C25H26N4O2. The number of methoxy groups -OCH3 is 1. The summed E-state index contributed by atoms with van der Waals surface area (Å²) in [7, 11) is 3.63. The summed E-state index contributed by atoms with van der Waals surface area (Å²) in [5, 5.41) is 3.53. The maximum atomic E-state index is 13.8. The van der Waals surface area contributed by atoms with E-state index >= 15 is 0 Å². The Morgan fingerprint density at radius 1 is 1.10 bits per heavy atom. The minimum absolute atomic E-state index is 0.0572. The number of fused-ring (bicyclic) bond motifs is 1. The Morgan fingerprint density at radius 3 is 2.52 bits per heavy atom. The zero-order valence-electron chi connectivity index (χ0n) is 17.8. The molecule has 31 heavy (non-hydrogen) atoms. The van der Waals surface area contributed by atoms with E-state index in [9.17, 15) is 4.79 Å². The van der Waals surface area contributed by atoms with Crippen LogP contribution in [0.1, 0.15) is 18.4 Å². The zero-order chi connectivity index (χ0) is 21.4. The average Bonchev–Trinajstić information content (AvgIpc) is 3.64. The van der Waals surface area contributed by atoms with Gasteiger partial charge in [0, 0.05) is 30.9 Å². The van der Waals surface area contributed by atoms with E-state index < -0.39 is 0 Å². The molecule has 6 heteroatoms. The summed E-state index contributed by atoms with van der Waals surface area (Å²) in [5.74, 6) is 2.35. The van der Waals surface area contributed by atoms with Gasteiger partial charge >= 0.3 is 0 Å². The molecule has 1 unspecified atom stereocenters. The van der Waals surface area contributed by atoms with Crippen molar-refractivity contribution in [3.63, 3.8) is 0 Å². The van der Waals surface area contributed by atoms with Crippen molar-refractivity contribution in [3.05, 3.63) is 76.6 Å². The summed E-state index contributed by atoms with van der Waals surface area (Å²) in [5.41, 5.74) is 3.18. The van der Waals surface area contributed by atoms with E-state index in [0.717, 1.165) is 40.8 Å². The highest BCUT2D eigenvalue weighted by atomic mass is 16.5. The van der Waals surface area contributed by atoms with E-state index in [1.807, 2.05) is 73.9 Å². The van der Waals surface area contributed by atoms with Crippen LogP contribution in [0.5, 0.6) is 5.75 Å². The predicted molar refractivity (Wildman–Crippen MR) is 125 cm³/mol. The lowest BCUT2D eigenvalue weighted by Gasteiger charge is -2.34. The van der Waals surface area contributed by atoms with Gasteiger partial charge < -0.3 is 9.64 Å². The minimum Gasteiger partial charge on any atom is -0.497 e. The van der Waals surface area contributed by atoms with E-state index in [-0.39, 0.29) is 11.8 Å². The second kappa shape index (κ2) is 8.04. The monoisotopic (exact) mass is 414 g/mol. The summed E-state index contributed by atoms with van der Waals surface area (Å²) >= 11 is 0. The van der Waals surface area contributed by atoms with Gasteiger partial charge in [0.05, 0.1) is 12.8 Å². The van der Waals surface area contributed by atoms with Crippen LogP contribution in [-0.4, -0.2) is 37.8 Å². The number of aliphatic imine (C=N–C) groups is 1. The quantitative estimate of drug-likeness (QED) is 0.669. The van der Waals surface area contributed by atoms with Crippen molar-refractivity contribution in [1.29, 1.82) is 0 Å². The summed E-state index contributed by atoms with van der Waals surface area (Å²) in [6.45, 7) is 0.946. The summed E-state index contributed by atoms with van der Waals surface area (Å²) < 4.78 is 7.07. The molecule has 1 fully saturated rings. The molecule has 5 rings (SSSR count). The Kier molecular flexibility index (Phi) is 5.08. The molecule has 2 aromatic carbocycles. The van der Waals surface area contributed by atoms with Crippen LogP contribution in [0, 0.1) is 5.92 Å². The smallest absolute Gasteiger partial charge is 0.264 e. The second-order valence-electron chi connectivity index (χ2n) is 8.16. The van der Waals surface area contributed by atoms with Gasteiger partial charge in [0.15, 0.2) is 6.29 Å². The molecule has 2 aliphatic rings. The molecule has 1 saturated carbocycles. The van der Waals surface area contributed by atoms with Gasteiger partial charge in [-0.3, -0.25) is 19.7 Å². The Morgan fingerprint density at radius 2 is 1.84 bits per heavy atom. The van der Waals surface area contributed by atoms with Crippen LogP contribution in [0.4, 0.5) is 5.82 Å². The zero-order valence-corrected chi connectivity index (χ0v) is 17.8. The normalized spacial score (nSPS) is 17.5. The van der Waals surface area contributed by atoms with Crippen molar-refractivity contribution in [2.75, 3.05) is 25.6 Å². The van der Waals surface area contributed by atoms with Crippen LogP contribution in [0.3, 0.4) is 0 Å². The first-order valence-electron chi connectivity index (χ1n) is 10.6. The Labute approximate surface area is 181 Å². The Bertz CT molecular complexity index is 1160. The maximum Gasteiger partial charge on any atom is 0.264 e. The van der Waals surface area contributed by atoms with E-state index in [0.29, 0.717) is 5.56 Å². The number of hydrogen-bond acceptors (Lipinski definition) is 5. The summed E-state index contributed by atoms with van der Waals surface area (Å²) in [6.07, 6.45) is 4.26. The molecule has 6 nitrogen and oxygen atoms in total. The second-order valence-corrected chi connectivity index (χ2v) is 8.16. The van der Waals surface area contributed by atoms with Crippen LogP contribution in [0.2, 0.25) is 0 Å². The number of rotatable bonds is 6. The summed E-state index contributed by atoms with van der Waals surface area (Å²) in [4.78, 5) is 20.6.